The molecule has 2 unspecified atom stereocenters. The Morgan fingerprint density at radius 3 is 2.59 bits per heavy atom. The molecule has 1 saturated carbocycles. The number of thioether (sulfide) groups is 1. The van der Waals surface area contributed by atoms with Gasteiger partial charge in [-0.25, -0.2) is 0 Å². The van der Waals surface area contributed by atoms with E-state index in [1.807, 2.05) is 18.8 Å². The first kappa shape index (κ1) is 17.9. The zero-order chi connectivity index (χ0) is 15.6. The highest BCUT2D eigenvalue weighted by molar-refractivity contribution is 7.99. The van der Waals surface area contributed by atoms with Gasteiger partial charge in [-0.1, -0.05) is 12.8 Å². The van der Waals surface area contributed by atoms with Crippen LogP contribution in [0.4, 0.5) is 0 Å². The van der Waals surface area contributed by atoms with E-state index < -0.39 is 0 Å². The van der Waals surface area contributed by atoms with E-state index in [0.29, 0.717) is 6.04 Å². The number of nitrogens with one attached hydrogen (secondary N) is 2. The third-order valence-electron chi connectivity index (χ3n) is 4.92. The number of likely N-dealkylation sites (tertiary alicyclic amines) is 1. The third-order valence-corrected chi connectivity index (χ3v) is 6.02. The first-order valence-electron chi connectivity index (χ1n) is 9.04. The quantitative estimate of drug-likeness (QED) is 0.447. The Kier molecular flexibility index (Phi) is 8.45. The van der Waals surface area contributed by atoms with E-state index in [1.165, 1.54) is 71.0 Å². The van der Waals surface area contributed by atoms with Crippen LogP contribution in [0.1, 0.15) is 51.4 Å². The number of rotatable bonds is 6. The van der Waals surface area contributed by atoms with E-state index in [-0.39, 0.29) is 0 Å². The molecule has 0 aromatic rings. The second-order valence-corrected chi connectivity index (χ2v) is 7.76. The fourth-order valence-corrected chi connectivity index (χ4v) is 4.34. The molecule has 2 rings (SSSR count). The maximum absolute atomic E-state index is 4.38. The zero-order valence-electron chi connectivity index (χ0n) is 14.4. The Bertz CT molecular complexity index is 327. The van der Waals surface area contributed by atoms with Gasteiger partial charge in [0, 0.05) is 24.9 Å². The van der Waals surface area contributed by atoms with Crippen molar-refractivity contribution in [1.82, 2.24) is 15.5 Å². The minimum absolute atomic E-state index is 0.606. The minimum atomic E-state index is 0.606. The van der Waals surface area contributed by atoms with E-state index in [2.05, 4.69) is 26.8 Å². The van der Waals surface area contributed by atoms with Crippen molar-refractivity contribution in [2.45, 2.75) is 62.7 Å². The average Bonchev–Trinajstić information content (AvgIpc) is 2.84. The van der Waals surface area contributed by atoms with Crippen LogP contribution in [-0.2, 0) is 0 Å². The standard InChI is InChI=1S/C17H34N4S/c1-18-17(20-15-8-9-16(14-15)22-2)19-10-7-13-21-11-5-3-4-6-12-21/h15-16H,3-14H2,1-2H3,(H2,18,19,20). The molecule has 1 aliphatic heterocycles. The van der Waals surface area contributed by atoms with Gasteiger partial charge in [0.05, 0.1) is 0 Å². The van der Waals surface area contributed by atoms with Crippen molar-refractivity contribution in [1.29, 1.82) is 0 Å². The fraction of sp³-hybridized carbons (Fsp3) is 0.941. The first-order valence-corrected chi connectivity index (χ1v) is 10.3. The summed E-state index contributed by atoms with van der Waals surface area (Å²) in [5.41, 5.74) is 0. The maximum atomic E-state index is 4.38. The molecule has 1 saturated heterocycles. The van der Waals surface area contributed by atoms with Crippen molar-refractivity contribution in [2.75, 3.05) is 39.5 Å². The van der Waals surface area contributed by atoms with Crippen LogP contribution in [0.3, 0.4) is 0 Å². The average molecular weight is 327 g/mol. The molecule has 5 heteroatoms. The van der Waals surface area contributed by atoms with Gasteiger partial charge in [-0.2, -0.15) is 11.8 Å². The molecule has 2 N–H and O–H groups in total. The largest absolute Gasteiger partial charge is 0.356 e. The second-order valence-electron chi connectivity index (χ2n) is 6.62. The maximum Gasteiger partial charge on any atom is 0.191 e. The van der Waals surface area contributed by atoms with Crippen LogP contribution in [0.2, 0.25) is 0 Å². The van der Waals surface area contributed by atoms with E-state index in [9.17, 15) is 0 Å². The highest BCUT2D eigenvalue weighted by Gasteiger charge is 2.24. The first-order chi connectivity index (χ1) is 10.8. The third kappa shape index (κ3) is 6.37. The molecular weight excluding hydrogens is 292 g/mol. The highest BCUT2D eigenvalue weighted by Crippen LogP contribution is 2.27. The van der Waals surface area contributed by atoms with Gasteiger partial charge in [-0.15, -0.1) is 0 Å². The summed E-state index contributed by atoms with van der Waals surface area (Å²) in [6.07, 6.45) is 12.9. The SMILES string of the molecule is CN=C(NCCCN1CCCCCC1)NC1CCC(SC)C1. The van der Waals surface area contributed by atoms with Gasteiger partial charge in [-0.3, -0.25) is 4.99 Å². The Morgan fingerprint density at radius 2 is 1.95 bits per heavy atom. The van der Waals surface area contributed by atoms with Crippen LogP contribution in [0.15, 0.2) is 4.99 Å². The number of guanidine groups is 1. The predicted molar refractivity (Wildman–Crippen MR) is 99.0 cm³/mol. The lowest BCUT2D eigenvalue weighted by Gasteiger charge is -2.21. The van der Waals surface area contributed by atoms with Gasteiger partial charge in [0.25, 0.3) is 0 Å². The molecule has 1 heterocycles. The van der Waals surface area contributed by atoms with Crippen LogP contribution in [0.25, 0.3) is 0 Å². The van der Waals surface area contributed by atoms with Crippen LogP contribution < -0.4 is 10.6 Å². The smallest absolute Gasteiger partial charge is 0.191 e. The molecular formula is C17H34N4S. The van der Waals surface area contributed by atoms with Gasteiger partial charge in [0.2, 0.25) is 0 Å². The van der Waals surface area contributed by atoms with Gasteiger partial charge in [0.15, 0.2) is 5.96 Å². The monoisotopic (exact) mass is 326 g/mol. The number of nitrogens with zero attached hydrogens (tertiary/aromatic N) is 2. The fourth-order valence-electron chi connectivity index (χ4n) is 3.54. The number of aliphatic imine (C=N–C) groups is 1. The van der Waals surface area contributed by atoms with Crippen LogP contribution in [0, 0.1) is 0 Å². The summed E-state index contributed by atoms with van der Waals surface area (Å²) in [6, 6.07) is 0.606. The Balaban J connectivity index is 1.58. The summed E-state index contributed by atoms with van der Waals surface area (Å²) in [5, 5.41) is 7.91. The normalized spacial score (nSPS) is 27.6. The Hall–Kier alpha value is -0.420. The van der Waals surface area contributed by atoms with E-state index in [0.717, 1.165) is 17.8 Å². The molecule has 2 aliphatic rings. The second kappa shape index (κ2) is 10.4. The van der Waals surface area contributed by atoms with Crippen LogP contribution in [-0.4, -0.2) is 61.6 Å². The Morgan fingerprint density at radius 1 is 1.18 bits per heavy atom. The molecule has 0 spiro atoms. The van der Waals surface area contributed by atoms with Crippen LogP contribution in [0.5, 0.6) is 0 Å². The number of hydrogen-bond acceptors (Lipinski definition) is 3. The molecule has 2 fully saturated rings. The molecule has 22 heavy (non-hydrogen) atoms. The molecule has 0 radical (unpaired) electrons. The van der Waals surface area contributed by atoms with Gasteiger partial charge < -0.3 is 15.5 Å². The highest BCUT2D eigenvalue weighted by atomic mass is 32.2. The molecule has 0 bridgehead atoms. The summed E-state index contributed by atoms with van der Waals surface area (Å²) >= 11 is 2.00. The number of hydrogen-bond donors (Lipinski definition) is 2. The van der Waals surface area contributed by atoms with E-state index >= 15 is 0 Å². The van der Waals surface area contributed by atoms with E-state index in [4.69, 9.17) is 0 Å². The lowest BCUT2D eigenvalue weighted by atomic mass is 10.2. The van der Waals surface area contributed by atoms with E-state index in [1.54, 1.807) is 0 Å². The summed E-state index contributed by atoms with van der Waals surface area (Å²) in [5.74, 6) is 0.989. The van der Waals surface area contributed by atoms with Crippen molar-refractivity contribution in [3.63, 3.8) is 0 Å². The van der Waals surface area contributed by atoms with Gasteiger partial charge in [0.1, 0.15) is 0 Å². The zero-order valence-corrected chi connectivity index (χ0v) is 15.3. The lowest BCUT2D eigenvalue weighted by molar-refractivity contribution is 0.282. The predicted octanol–water partition coefficient (Wildman–Crippen LogP) is 2.70. The molecule has 0 amide bonds. The molecule has 2 atom stereocenters. The molecule has 4 nitrogen and oxygen atoms in total. The van der Waals surface area contributed by atoms with Gasteiger partial charge in [-0.05, 0) is 64.4 Å². The van der Waals surface area contributed by atoms with Crippen molar-refractivity contribution in [3.05, 3.63) is 0 Å². The summed E-state index contributed by atoms with van der Waals surface area (Å²) in [7, 11) is 1.88. The Labute approximate surface area is 140 Å². The summed E-state index contributed by atoms with van der Waals surface area (Å²) in [4.78, 5) is 7.01. The summed E-state index contributed by atoms with van der Waals surface area (Å²) in [6.45, 7) is 4.84. The molecule has 0 aromatic heterocycles. The van der Waals surface area contributed by atoms with Crippen molar-refractivity contribution in [2.24, 2.45) is 4.99 Å². The van der Waals surface area contributed by atoms with Crippen LogP contribution >= 0.6 is 11.8 Å². The van der Waals surface area contributed by atoms with Crippen molar-refractivity contribution < 1.29 is 0 Å². The van der Waals surface area contributed by atoms with Gasteiger partial charge >= 0.3 is 0 Å². The summed E-state index contributed by atoms with van der Waals surface area (Å²) < 4.78 is 0. The minimum Gasteiger partial charge on any atom is -0.356 e. The molecule has 128 valence electrons. The molecule has 0 aromatic carbocycles. The van der Waals surface area contributed by atoms with Crippen molar-refractivity contribution >= 4 is 17.7 Å². The topological polar surface area (TPSA) is 39.7 Å². The van der Waals surface area contributed by atoms with Crippen molar-refractivity contribution in [3.8, 4) is 0 Å². The lowest BCUT2D eigenvalue weighted by Crippen LogP contribution is -2.43. The molecule has 1 aliphatic carbocycles.